The van der Waals surface area contributed by atoms with Gasteiger partial charge in [0.1, 0.15) is 37.9 Å². The summed E-state index contributed by atoms with van der Waals surface area (Å²) >= 11 is 0. The Morgan fingerprint density at radius 1 is 0.565 bits per heavy atom. The highest BCUT2D eigenvalue weighted by Crippen LogP contribution is 2.45. The van der Waals surface area contributed by atoms with Crippen molar-refractivity contribution in [1.82, 2.24) is 0 Å². The highest BCUT2D eigenvalue weighted by atomic mass is 16.6. The average Bonchev–Trinajstić information content (AvgIpc) is 3.10. The van der Waals surface area contributed by atoms with E-state index in [4.69, 9.17) is 28.4 Å². The lowest BCUT2D eigenvalue weighted by Gasteiger charge is -2.39. The molecular formula is C36H40O10. The van der Waals surface area contributed by atoms with Crippen LogP contribution >= 0.6 is 0 Å². The monoisotopic (exact) mass is 632 g/mol. The molecule has 0 N–H and O–H groups in total. The van der Waals surface area contributed by atoms with Gasteiger partial charge in [-0.1, -0.05) is 69.8 Å². The largest absolute Gasteiger partial charge is 0.490 e. The van der Waals surface area contributed by atoms with E-state index in [1.54, 1.807) is 0 Å². The van der Waals surface area contributed by atoms with E-state index in [1.807, 2.05) is 48.5 Å². The minimum atomic E-state index is -0.828. The van der Waals surface area contributed by atoms with Crippen molar-refractivity contribution in [3.05, 3.63) is 110 Å². The van der Waals surface area contributed by atoms with Gasteiger partial charge in [0.05, 0.1) is 0 Å². The number of esters is 4. The molecule has 10 heteroatoms. The highest BCUT2D eigenvalue weighted by Gasteiger charge is 2.35. The van der Waals surface area contributed by atoms with E-state index in [0.29, 0.717) is 11.5 Å². The van der Waals surface area contributed by atoms with Gasteiger partial charge in [0, 0.05) is 29.7 Å². The number of carbonyl (C=O) groups excluding carboxylic acids is 4. The first kappa shape index (κ1) is 35.4. The molecule has 0 heterocycles. The van der Waals surface area contributed by atoms with E-state index in [2.05, 4.69) is 26.3 Å². The summed E-state index contributed by atoms with van der Waals surface area (Å²) in [6.45, 7) is 13.1. The second-order valence-corrected chi connectivity index (χ2v) is 10.5. The Morgan fingerprint density at radius 3 is 1.28 bits per heavy atom. The van der Waals surface area contributed by atoms with Crippen molar-refractivity contribution in [3.8, 4) is 11.5 Å². The molecule has 10 nitrogen and oxygen atoms in total. The lowest BCUT2D eigenvalue weighted by Crippen LogP contribution is -2.31. The van der Waals surface area contributed by atoms with Crippen molar-refractivity contribution in [2.24, 2.45) is 0 Å². The molecule has 0 saturated heterocycles. The molecule has 2 aromatic rings. The fourth-order valence-corrected chi connectivity index (χ4v) is 5.14. The van der Waals surface area contributed by atoms with Crippen LogP contribution in [-0.4, -0.2) is 62.5 Å². The van der Waals surface area contributed by atoms with E-state index in [9.17, 15) is 19.2 Å². The summed E-state index contributed by atoms with van der Waals surface area (Å²) in [5.41, 5.74) is 2.07. The van der Waals surface area contributed by atoms with E-state index in [0.717, 1.165) is 67.5 Å². The van der Waals surface area contributed by atoms with E-state index in [1.165, 1.54) is 0 Å². The summed E-state index contributed by atoms with van der Waals surface area (Å²) in [6, 6.07) is 15.6. The zero-order valence-corrected chi connectivity index (χ0v) is 25.9. The van der Waals surface area contributed by atoms with Gasteiger partial charge in [-0.05, 0) is 48.2 Å². The molecule has 244 valence electrons. The molecule has 2 atom stereocenters. The van der Waals surface area contributed by atoms with Crippen molar-refractivity contribution in [2.75, 3.05) is 26.4 Å². The number of hydrogen-bond acceptors (Lipinski definition) is 10. The van der Waals surface area contributed by atoms with Crippen LogP contribution in [-0.2, 0) is 43.5 Å². The van der Waals surface area contributed by atoms with Crippen molar-refractivity contribution in [2.45, 2.75) is 49.7 Å². The molecule has 3 rings (SSSR count). The third-order valence-corrected chi connectivity index (χ3v) is 7.45. The summed E-state index contributed by atoms with van der Waals surface area (Å²) < 4.78 is 32.3. The molecule has 1 aliphatic carbocycles. The SMILES string of the molecule is C=CC(=O)OCC(COc1ccc(C2(c3ccc(OCC(COC(=O)C=C)OC(=O)C=C)cc3)CCCCC2)cc1)OC(=O)C=C. The van der Waals surface area contributed by atoms with E-state index in [-0.39, 0.29) is 31.8 Å². The molecular weight excluding hydrogens is 592 g/mol. The van der Waals surface area contributed by atoms with Gasteiger partial charge in [0.25, 0.3) is 0 Å². The molecule has 1 saturated carbocycles. The van der Waals surface area contributed by atoms with Crippen molar-refractivity contribution in [3.63, 3.8) is 0 Å². The summed E-state index contributed by atoms with van der Waals surface area (Å²) in [6.07, 6.45) is 7.71. The van der Waals surface area contributed by atoms with Gasteiger partial charge >= 0.3 is 23.9 Å². The van der Waals surface area contributed by atoms with Crippen LogP contribution in [0.5, 0.6) is 11.5 Å². The molecule has 0 amide bonds. The summed E-state index contributed by atoms with van der Waals surface area (Å²) in [7, 11) is 0. The molecule has 0 spiro atoms. The van der Waals surface area contributed by atoms with Crippen LogP contribution in [0.4, 0.5) is 0 Å². The molecule has 0 aliphatic heterocycles. The topological polar surface area (TPSA) is 124 Å². The van der Waals surface area contributed by atoms with Crippen LogP contribution in [0.25, 0.3) is 0 Å². The highest BCUT2D eigenvalue weighted by molar-refractivity contribution is 5.82. The third-order valence-electron chi connectivity index (χ3n) is 7.45. The number of benzene rings is 2. The first-order valence-electron chi connectivity index (χ1n) is 14.9. The zero-order chi connectivity index (χ0) is 33.4. The number of hydrogen-bond donors (Lipinski definition) is 0. The Balaban J connectivity index is 1.70. The van der Waals surface area contributed by atoms with Crippen LogP contribution in [0.15, 0.2) is 99.2 Å². The van der Waals surface area contributed by atoms with Gasteiger partial charge in [0.15, 0.2) is 12.2 Å². The molecule has 0 bridgehead atoms. The van der Waals surface area contributed by atoms with Crippen LogP contribution in [0.1, 0.15) is 43.2 Å². The molecule has 1 aliphatic rings. The minimum absolute atomic E-state index is 0.0275. The molecule has 0 aromatic heterocycles. The van der Waals surface area contributed by atoms with Gasteiger partial charge in [-0.15, -0.1) is 0 Å². The van der Waals surface area contributed by atoms with Gasteiger partial charge in [-0.2, -0.15) is 0 Å². The Hall–Kier alpha value is -5.12. The number of ether oxygens (including phenoxy) is 6. The van der Waals surface area contributed by atoms with E-state index < -0.39 is 36.1 Å². The Morgan fingerprint density at radius 2 is 0.935 bits per heavy atom. The Labute approximate surface area is 269 Å². The second kappa shape index (κ2) is 18.0. The van der Waals surface area contributed by atoms with Crippen LogP contribution in [0, 0.1) is 0 Å². The van der Waals surface area contributed by atoms with Gasteiger partial charge in [0.2, 0.25) is 0 Å². The number of rotatable bonds is 18. The molecule has 2 aromatic carbocycles. The van der Waals surface area contributed by atoms with Crippen molar-refractivity contribution >= 4 is 23.9 Å². The predicted molar refractivity (Wildman–Crippen MR) is 170 cm³/mol. The number of carbonyl (C=O) groups is 4. The standard InChI is InChI=1S/C36H40O10/c1-5-32(37)43-24-30(45-34(39)7-3)22-41-28-16-12-26(13-17-28)36(20-10-9-11-21-36)27-14-18-29(19-15-27)42-23-31(46-35(40)8-4)25-44-33(38)6-2/h5-8,12-19,30-31H,1-4,9-11,20-25H2. The van der Waals surface area contributed by atoms with Gasteiger partial charge < -0.3 is 28.4 Å². The van der Waals surface area contributed by atoms with Crippen LogP contribution < -0.4 is 9.47 Å². The minimum Gasteiger partial charge on any atom is -0.490 e. The predicted octanol–water partition coefficient (Wildman–Crippen LogP) is 5.35. The van der Waals surface area contributed by atoms with Crippen molar-refractivity contribution < 1.29 is 47.6 Å². The lowest BCUT2D eigenvalue weighted by atomic mass is 9.65. The second-order valence-electron chi connectivity index (χ2n) is 10.5. The quantitative estimate of drug-likeness (QED) is 0.121. The van der Waals surface area contributed by atoms with Crippen molar-refractivity contribution in [1.29, 1.82) is 0 Å². The lowest BCUT2D eigenvalue weighted by molar-refractivity contribution is -0.154. The maximum atomic E-state index is 11.7. The summed E-state index contributed by atoms with van der Waals surface area (Å²) in [5.74, 6) is -1.44. The zero-order valence-electron chi connectivity index (χ0n) is 25.9. The maximum absolute atomic E-state index is 11.7. The first-order valence-corrected chi connectivity index (χ1v) is 14.9. The summed E-state index contributed by atoms with van der Waals surface area (Å²) in [5, 5.41) is 0. The fourth-order valence-electron chi connectivity index (χ4n) is 5.14. The van der Waals surface area contributed by atoms with Gasteiger partial charge in [-0.25, -0.2) is 19.2 Å². The third kappa shape index (κ3) is 10.5. The van der Waals surface area contributed by atoms with Crippen LogP contribution in [0.2, 0.25) is 0 Å². The smallest absolute Gasteiger partial charge is 0.330 e. The molecule has 1 fully saturated rings. The van der Waals surface area contributed by atoms with Crippen LogP contribution in [0.3, 0.4) is 0 Å². The Bertz CT molecular complexity index is 1270. The average molecular weight is 633 g/mol. The van der Waals surface area contributed by atoms with E-state index >= 15 is 0 Å². The summed E-state index contributed by atoms with van der Waals surface area (Å²) in [4.78, 5) is 46.4. The fraction of sp³-hybridized carbons (Fsp3) is 0.333. The first-order chi connectivity index (χ1) is 22.2. The normalized spacial score (nSPS) is 14.7. The molecule has 2 unspecified atom stereocenters. The molecule has 0 radical (unpaired) electrons. The van der Waals surface area contributed by atoms with Gasteiger partial charge in [-0.3, -0.25) is 0 Å². The Kier molecular flexibility index (Phi) is 13.8. The maximum Gasteiger partial charge on any atom is 0.330 e. The molecule has 46 heavy (non-hydrogen) atoms.